The Kier molecular flexibility index (Phi) is 5.09. The zero-order chi connectivity index (χ0) is 13.7. The Morgan fingerprint density at radius 3 is 2.56 bits per heavy atom. The lowest BCUT2D eigenvalue weighted by atomic mass is 10.1. The number of nitrogens with zero attached hydrogens (tertiary/aromatic N) is 2. The molecule has 2 N–H and O–H groups in total. The van der Waals surface area contributed by atoms with E-state index in [1.165, 1.54) is 17.2 Å². The molecule has 1 aromatic rings. The molecule has 0 fully saturated rings. The fourth-order valence-electron chi connectivity index (χ4n) is 1.53. The Labute approximate surface area is 111 Å². The van der Waals surface area contributed by atoms with Gasteiger partial charge in [0.1, 0.15) is 5.15 Å². The maximum absolute atomic E-state index is 12.2. The summed E-state index contributed by atoms with van der Waals surface area (Å²) in [6, 6.07) is 3.11. The summed E-state index contributed by atoms with van der Waals surface area (Å²) in [6.07, 6.45) is 1.39. The van der Waals surface area contributed by atoms with Crippen LogP contribution in [0.4, 0.5) is 0 Å². The molecule has 1 heterocycles. The average molecular weight is 270 g/mol. The second-order valence-electron chi connectivity index (χ2n) is 4.42. The normalized spacial score (nSPS) is 10.4. The fourth-order valence-corrected chi connectivity index (χ4v) is 1.64. The van der Waals surface area contributed by atoms with Crippen molar-refractivity contribution in [1.29, 1.82) is 0 Å². The molecule has 0 aliphatic heterocycles. The molecule has 18 heavy (non-hydrogen) atoms. The van der Waals surface area contributed by atoms with Crippen molar-refractivity contribution in [2.45, 2.75) is 13.8 Å². The molecule has 0 bridgehead atoms. The third kappa shape index (κ3) is 4.33. The maximum Gasteiger partial charge on any atom is 0.255 e. The summed E-state index contributed by atoms with van der Waals surface area (Å²) in [4.78, 5) is 28.4. The van der Waals surface area contributed by atoms with Gasteiger partial charge in [0.05, 0.1) is 12.1 Å². The van der Waals surface area contributed by atoms with Gasteiger partial charge in [0.25, 0.3) is 5.91 Å². The average Bonchev–Trinajstić information content (AvgIpc) is 2.27. The van der Waals surface area contributed by atoms with Gasteiger partial charge in [-0.25, -0.2) is 4.98 Å². The Hall–Kier alpha value is -1.62. The van der Waals surface area contributed by atoms with Gasteiger partial charge in [-0.3, -0.25) is 9.59 Å². The van der Waals surface area contributed by atoms with Crippen molar-refractivity contribution < 1.29 is 9.59 Å². The fraction of sp³-hybridized carbons (Fsp3) is 0.417. The molecule has 1 rings (SSSR count). The molecule has 0 saturated carbocycles. The van der Waals surface area contributed by atoms with Crippen LogP contribution in [0.1, 0.15) is 24.2 Å². The largest absolute Gasteiger partial charge is 0.368 e. The van der Waals surface area contributed by atoms with Crippen LogP contribution in [0.3, 0.4) is 0 Å². The standard InChI is InChI=1S/C12H16ClN3O2/c1-8(2)6-16(7-11(14)17)12(18)9-3-4-10(13)15-5-9/h3-5,8H,6-7H2,1-2H3,(H2,14,17). The van der Waals surface area contributed by atoms with Gasteiger partial charge in [-0.15, -0.1) is 0 Å². The molecule has 0 radical (unpaired) electrons. The maximum atomic E-state index is 12.2. The van der Waals surface area contributed by atoms with Crippen LogP contribution in [0.2, 0.25) is 5.15 Å². The van der Waals surface area contributed by atoms with E-state index in [1.807, 2.05) is 13.8 Å². The zero-order valence-corrected chi connectivity index (χ0v) is 11.1. The lowest BCUT2D eigenvalue weighted by Crippen LogP contribution is -2.40. The monoisotopic (exact) mass is 269 g/mol. The van der Waals surface area contributed by atoms with Crippen LogP contribution in [0.5, 0.6) is 0 Å². The van der Waals surface area contributed by atoms with E-state index < -0.39 is 5.91 Å². The van der Waals surface area contributed by atoms with Gasteiger partial charge >= 0.3 is 0 Å². The summed E-state index contributed by atoms with van der Waals surface area (Å²) in [5, 5.41) is 0.317. The molecule has 2 amide bonds. The summed E-state index contributed by atoms with van der Waals surface area (Å²) in [7, 11) is 0. The summed E-state index contributed by atoms with van der Waals surface area (Å²) in [5.74, 6) is -0.564. The van der Waals surface area contributed by atoms with E-state index in [4.69, 9.17) is 17.3 Å². The van der Waals surface area contributed by atoms with E-state index in [0.29, 0.717) is 17.3 Å². The van der Waals surface area contributed by atoms with E-state index in [0.717, 1.165) is 0 Å². The van der Waals surface area contributed by atoms with Crippen molar-refractivity contribution >= 4 is 23.4 Å². The van der Waals surface area contributed by atoms with Crippen molar-refractivity contribution in [2.24, 2.45) is 11.7 Å². The minimum atomic E-state index is -0.536. The zero-order valence-electron chi connectivity index (χ0n) is 10.4. The number of primary amides is 1. The van der Waals surface area contributed by atoms with Crippen LogP contribution in [0.15, 0.2) is 18.3 Å². The van der Waals surface area contributed by atoms with E-state index in [9.17, 15) is 9.59 Å². The number of hydrogen-bond acceptors (Lipinski definition) is 3. The number of rotatable bonds is 5. The summed E-state index contributed by atoms with van der Waals surface area (Å²) < 4.78 is 0. The van der Waals surface area contributed by atoms with Crippen LogP contribution in [0.25, 0.3) is 0 Å². The number of amides is 2. The van der Waals surface area contributed by atoms with E-state index in [-0.39, 0.29) is 18.4 Å². The number of pyridine rings is 1. The number of carbonyl (C=O) groups excluding carboxylic acids is 2. The van der Waals surface area contributed by atoms with Crippen molar-refractivity contribution in [2.75, 3.05) is 13.1 Å². The minimum Gasteiger partial charge on any atom is -0.368 e. The van der Waals surface area contributed by atoms with Crippen molar-refractivity contribution in [3.05, 3.63) is 29.0 Å². The predicted octanol–water partition coefficient (Wildman–Crippen LogP) is 1.32. The lowest BCUT2D eigenvalue weighted by Gasteiger charge is -2.23. The highest BCUT2D eigenvalue weighted by Crippen LogP contribution is 2.09. The summed E-state index contributed by atoms with van der Waals surface area (Å²) in [5.41, 5.74) is 5.53. The summed E-state index contributed by atoms with van der Waals surface area (Å²) in [6.45, 7) is 4.28. The van der Waals surface area contributed by atoms with Crippen LogP contribution >= 0.6 is 11.6 Å². The van der Waals surface area contributed by atoms with Gasteiger partial charge in [-0.1, -0.05) is 25.4 Å². The van der Waals surface area contributed by atoms with Crippen molar-refractivity contribution in [3.63, 3.8) is 0 Å². The highest BCUT2D eigenvalue weighted by Gasteiger charge is 2.18. The molecule has 5 nitrogen and oxygen atoms in total. The molecule has 0 unspecified atom stereocenters. The molecule has 0 aliphatic rings. The SMILES string of the molecule is CC(C)CN(CC(N)=O)C(=O)c1ccc(Cl)nc1. The van der Waals surface area contributed by atoms with Crippen LogP contribution in [-0.4, -0.2) is 34.8 Å². The van der Waals surface area contributed by atoms with Gasteiger partial charge in [0, 0.05) is 12.7 Å². The lowest BCUT2D eigenvalue weighted by molar-refractivity contribution is -0.118. The number of carbonyl (C=O) groups is 2. The smallest absolute Gasteiger partial charge is 0.255 e. The molecule has 0 spiro atoms. The molecular formula is C12H16ClN3O2. The molecule has 98 valence electrons. The van der Waals surface area contributed by atoms with Crippen molar-refractivity contribution in [3.8, 4) is 0 Å². The van der Waals surface area contributed by atoms with Crippen molar-refractivity contribution in [1.82, 2.24) is 9.88 Å². The van der Waals surface area contributed by atoms with Crippen LogP contribution in [0, 0.1) is 5.92 Å². The second-order valence-corrected chi connectivity index (χ2v) is 4.80. The molecule has 0 atom stereocenters. The first-order chi connectivity index (χ1) is 8.40. The van der Waals surface area contributed by atoms with E-state index >= 15 is 0 Å². The quantitative estimate of drug-likeness (QED) is 0.819. The third-order valence-corrected chi connectivity index (χ3v) is 2.42. The van der Waals surface area contributed by atoms with Gasteiger partial charge in [-0.2, -0.15) is 0 Å². The first-order valence-corrected chi connectivity index (χ1v) is 5.97. The topological polar surface area (TPSA) is 76.3 Å². The van der Waals surface area contributed by atoms with Crippen LogP contribution in [-0.2, 0) is 4.79 Å². The van der Waals surface area contributed by atoms with E-state index in [1.54, 1.807) is 6.07 Å². The molecule has 0 aliphatic carbocycles. The Morgan fingerprint density at radius 1 is 1.44 bits per heavy atom. The van der Waals surface area contributed by atoms with Crippen LogP contribution < -0.4 is 5.73 Å². The second kappa shape index (κ2) is 6.35. The number of aromatic nitrogens is 1. The Morgan fingerprint density at radius 2 is 2.11 bits per heavy atom. The highest BCUT2D eigenvalue weighted by molar-refractivity contribution is 6.29. The first-order valence-electron chi connectivity index (χ1n) is 5.59. The number of hydrogen-bond donors (Lipinski definition) is 1. The first kappa shape index (κ1) is 14.4. The van der Waals surface area contributed by atoms with Gasteiger partial charge in [-0.05, 0) is 18.1 Å². The summed E-state index contributed by atoms with van der Waals surface area (Å²) >= 11 is 5.65. The minimum absolute atomic E-state index is 0.0976. The third-order valence-electron chi connectivity index (χ3n) is 2.19. The molecule has 0 aromatic carbocycles. The molecule has 0 saturated heterocycles. The molecule has 1 aromatic heterocycles. The molecular weight excluding hydrogens is 254 g/mol. The Balaban J connectivity index is 2.87. The van der Waals surface area contributed by atoms with E-state index in [2.05, 4.69) is 4.98 Å². The van der Waals surface area contributed by atoms with Gasteiger partial charge in [0.2, 0.25) is 5.91 Å². The number of halogens is 1. The molecule has 6 heteroatoms. The Bertz CT molecular complexity index is 431. The number of nitrogens with two attached hydrogens (primary N) is 1. The van der Waals surface area contributed by atoms with Gasteiger partial charge < -0.3 is 10.6 Å². The highest BCUT2D eigenvalue weighted by atomic mass is 35.5. The predicted molar refractivity (Wildman–Crippen MR) is 69.2 cm³/mol. The van der Waals surface area contributed by atoms with Gasteiger partial charge in [0.15, 0.2) is 0 Å².